The summed E-state index contributed by atoms with van der Waals surface area (Å²) in [6.07, 6.45) is 3.11. The van der Waals surface area contributed by atoms with E-state index in [1.165, 1.54) is 5.56 Å². The number of likely N-dealkylation sites (tertiary alicyclic amines) is 1. The summed E-state index contributed by atoms with van der Waals surface area (Å²) in [6, 6.07) is 13.8. The highest BCUT2D eigenvalue weighted by Gasteiger charge is 2.28. The molecule has 2 aliphatic rings. The van der Waals surface area contributed by atoms with Crippen LogP contribution in [0.2, 0.25) is 5.02 Å². The van der Waals surface area contributed by atoms with Crippen molar-refractivity contribution in [2.45, 2.75) is 25.3 Å². The summed E-state index contributed by atoms with van der Waals surface area (Å²) >= 11 is 6.22. The number of ether oxygens (including phenoxy) is 3. The molecule has 0 saturated carbocycles. The molecule has 178 valence electrons. The van der Waals surface area contributed by atoms with Gasteiger partial charge in [0, 0.05) is 31.2 Å². The zero-order chi connectivity index (χ0) is 23.0. The average Bonchev–Trinajstić information content (AvgIpc) is 3.31. The lowest BCUT2D eigenvalue weighted by molar-refractivity contribution is 0.0358. The first-order valence-corrected chi connectivity index (χ1v) is 12.2. The zero-order valence-corrected chi connectivity index (χ0v) is 20.1. The first-order chi connectivity index (χ1) is 16.1. The van der Waals surface area contributed by atoms with Gasteiger partial charge in [-0.05, 0) is 61.7 Å². The first-order valence-electron chi connectivity index (χ1n) is 11.8. The SMILES string of the molecule is COc1ccc(C(=O)CN2CCCC2c2cccc(OCCCN3CCOCC3)c2)cc1Cl. The molecule has 2 aliphatic heterocycles. The van der Waals surface area contributed by atoms with E-state index in [-0.39, 0.29) is 11.8 Å². The van der Waals surface area contributed by atoms with Crippen LogP contribution in [0.15, 0.2) is 42.5 Å². The van der Waals surface area contributed by atoms with E-state index in [2.05, 4.69) is 21.9 Å². The summed E-state index contributed by atoms with van der Waals surface area (Å²) in [4.78, 5) is 17.6. The molecule has 1 atom stereocenters. The Bertz CT molecular complexity index is 932. The number of nitrogens with zero attached hydrogens (tertiary/aromatic N) is 2. The van der Waals surface area contributed by atoms with Crippen LogP contribution >= 0.6 is 11.6 Å². The highest BCUT2D eigenvalue weighted by molar-refractivity contribution is 6.32. The molecule has 0 amide bonds. The molecule has 6 nitrogen and oxygen atoms in total. The van der Waals surface area contributed by atoms with E-state index in [4.69, 9.17) is 25.8 Å². The van der Waals surface area contributed by atoms with E-state index in [9.17, 15) is 4.79 Å². The van der Waals surface area contributed by atoms with E-state index < -0.39 is 0 Å². The number of methoxy groups -OCH3 is 1. The van der Waals surface area contributed by atoms with Crippen LogP contribution in [0.5, 0.6) is 11.5 Å². The topological polar surface area (TPSA) is 51.2 Å². The van der Waals surface area contributed by atoms with Crippen molar-refractivity contribution >= 4 is 17.4 Å². The van der Waals surface area contributed by atoms with Gasteiger partial charge in [0.05, 0.1) is 38.5 Å². The van der Waals surface area contributed by atoms with Crippen molar-refractivity contribution < 1.29 is 19.0 Å². The summed E-state index contributed by atoms with van der Waals surface area (Å²) in [5.41, 5.74) is 1.82. The minimum Gasteiger partial charge on any atom is -0.495 e. The van der Waals surface area contributed by atoms with Crippen LogP contribution < -0.4 is 9.47 Å². The van der Waals surface area contributed by atoms with Gasteiger partial charge in [-0.3, -0.25) is 14.6 Å². The van der Waals surface area contributed by atoms with E-state index in [1.807, 2.05) is 12.1 Å². The standard InChI is InChI=1S/C26H33ClN2O4/c1-31-26-9-8-21(18-23(26)27)25(30)19-29-11-3-7-24(29)20-5-2-6-22(17-20)33-14-4-10-28-12-15-32-16-13-28/h2,5-6,8-9,17-18,24H,3-4,7,10-16,19H2,1H3. The Morgan fingerprint density at radius 1 is 1.15 bits per heavy atom. The largest absolute Gasteiger partial charge is 0.495 e. The third kappa shape index (κ3) is 6.48. The van der Waals surface area contributed by atoms with Crippen LogP contribution in [-0.2, 0) is 4.74 Å². The second-order valence-electron chi connectivity index (χ2n) is 8.63. The first kappa shape index (κ1) is 24.0. The molecule has 2 fully saturated rings. The smallest absolute Gasteiger partial charge is 0.176 e. The molecule has 0 radical (unpaired) electrons. The maximum Gasteiger partial charge on any atom is 0.176 e. The minimum atomic E-state index is 0.0713. The van der Waals surface area contributed by atoms with Gasteiger partial charge in [0.15, 0.2) is 5.78 Å². The molecule has 2 saturated heterocycles. The summed E-state index contributed by atoms with van der Waals surface area (Å²) < 4.78 is 16.6. The lowest BCUT2D eigenvalue weighted by Crippen LogP contribution is -2.37. The van der Waals surface area contributed by atoms with Crippen molar-refractivity contribution in [2.24, 2.45) is 0 Å². The molecule has 0 aliphatic carbocycles. The van der Waals surface area contributed by atoms with Gasteiger partial charge in [0.2, 0.25) is 0 Å². The lowest BCUT2D eigenvalue weighted by Gasteiger charge is -2.26. The fraction of sp³-hybridized carbons (Fsp3) is 0.500. The molecule has 2 aromatic rings. The highest BCUT2D eigenvalue weighted by atomic mass is 35.5. The number of carbonyl (C=O) groups excluding carboxylic acids is 1. The Morgan fingerprint density at radius 3 is 2.79 bits per heavy atom. The minimum absolute atomic E-state index is 0.0713. The van der Waals surface area contributed by atoms with Crippen LogP contribution in [0.1, 0.15) is 41.2 Å². The third-order valence-corrected chi connectivity index (χ3v) is 6.71. The van der Waals surface area contributed by atoms with Crippen LogP contribution in [0.25, 0.3) is 0 Å². The predicted molar refractivity (Wildman–Crippen MR) is 130 cm³/mol. The van der Waals surface area contributed by atoms with Crippen molar-refractivity contribution in [1.82, 2.24) is 9.80 Å². The Hall–Kier alpha value is -2.12. The van der Waals surface area contributed by atoms with Gasteiger partial charge in [0.1, 0.15) is 11.5 Å². The van der Waals surface area contributed by atoms with Gasteiger partial charge in [-0.2, -0.15) is 0 Å². The monoisotopic (exact) mass is 472 g/mol. The number of carbonyl (C=O) groups is 1. The van der Waals surface area contributed by atoms with E-state index >= 15 is 0 Å². The number of hydrogen-bond donors (Lipinski definition) is 0. The Kier molecular flexibility index (Phi) is 8.62. The summed E-state index contributed by atoms with van der Waals surface area (Å²) in [6.45, 7) is 6.69. The molecule has 2 heterocycles. The zero-order valence-electron chi connectivity index (χ0n) is 19.3. The summed E-state index contributed by atoms with van der Waals surface area (Å²) in [5, 5.41) is 0.458. The molecule has 33 heavy (non-hydrogen) atoms. The fourth-order valence-corrected chi connectivity index (χ4v) is 4.88. The van der Waals surface area contributed by atoms with E-state index in [0.717, 1.165) is 64.4 Å². The van der Waals surface area contributed by atoms with Crippen LogP contribution in [-0.4, -0.2) is 75.2 Å². The van der Waals surface area contributed by atoms with Crippen molar-refractivity contribution in [3.05, 3.63) is 58.6 Å². The molecule has 0 bridgehead atoms. The van der Waals surface area contributed by atoms with Gasteiger partial charge in [-0.25, -0.2) is 0 Å². The molecule has 7 heteroatoms. The number of Topliss-reactive ketones (excluding diaryl/α,β-unsaturated/α-hetero) is 1. The Balaban J connectivity index is 1.32. The highest BCUT2D eigenvalue weighted by Crippen LogP contribution is 2.34. The third-order valence-electron chi connectivity index (χ3n) is 6.42. The van der Waals surface area contributed by atoms with E-state index in [0.29, 0.717) is 29.5 Å². The summed E-state index contributed by atoms with van der Waals surface area (Å²) in [7, 11) is 1.57. The molecular formula is C26H33ClN2O4. The Morgan fingerprint density at radius 2 is 2.00 bits per heavy atom. The second-order valence-corrected chi connectivity index (χ2v) is 9.04. The lowest BCUT2D eigenvalue weighted by atomic mass is 10.0. The molecule has 2 aromatic carbocycles. The van der Waals surface area contributed by atoms with Crippen LogP contribution in [0, 0.1) is 0 Å². The van der Waals surface area contributed by atoms with Crippen molar-refractivity contribution in [2.75, 3.05) is 59.7 Å². The number of rotatable bonds is 10. The maximum absolute atomic E-state index is 12.9. The molecule has 4 rings (SSSR count). The Labute approximate surface area is 201 Å². The maximum atomic E-state index is 12.9. The second kappa shape index (κ2) is 11.8. The van der Waals surface area contributed by atoms with E-state index in [1.54, 1.807) is 25.3 Å². The molecule has 0 N–H and O–H groups in total. The fourth-order valence-electron chi connectivity index (χ4n) is 4.62. The van der Waals surface area contributed by atoms with Crippen LogP contribution in [0.4, 0.5) is 0 Å². The van der Waals surface area contributed by atoms with Crippen molar-refractivity contribution in [3.8, 4) is 11.5 Å². The number of halogens is 1. The number of hydrogen-bond acceptors (Lipinski definition) is 6. The summed E-state index contributed by atoms with van der Waals surface area (Å²) in [5.74, 6) is 1.55. The number of morpholine rings is 1. The number of ketones is 1. The van der Waals surface area contributed by atoms with Gasteiger partial charge in [0.25, 0.3) is 0 Å². The van der Waals surface area contributed by atoms with Crippen molar-refractivity contribution in [3.63, 3.8) is 0 Å². The van der Waals surface area contributed by atoms with Gasteiger partial charge >= 0.3 is 0 Å². The molecule has 0 aromatic heterocycles. The quantitative estimate of drug-likeness (QED) is 0.375. The van der Waals surface area contributed by atoms with Crippen molar-refractivity contribution in [1.29, 1.82) is 0 Å². The molecule has 0 spiro atoms. The number of benzene rings is 2. The molecule has 1 unspecified atom stereocenters. The van der Waals surface area contributed by atoms with Gasteiger partial charge in [-0.1, -0.05) is 23.7 Å². The van der Waals surface area contributed by atoms with Crippen LogP contribution in [0.3, 0.4) is 0 Å². The van der Waals surface area contributed by atoms with Gasteiger partial charge < -0.3 is 14.2 Å². The molecular weight excluding hydrogens is 440 g/mol. The predicted octanol–water partition coefficient (Wildman–Crippen LogP) is 4.47. The van der Waals surface area contributed by atoms with Gasteiger partial charge in [-0.15, -0.1) is 0 Å². The normalized spacial score (nSPS) is 19.5. The average molecular weight is 473 g/mol.